The summed E-state index contributed by atoms with van der Waals surface area (Å²) >= 11 is 0. The molecular weight excluding hydrogens is 941 g/mol. The van der Waals surface area contributed by atoms with E-state index in [1.54, 1.807) is 0 Å². The van der Waals surface area contributed by atoms with Crippen molar-refractivity contribution in [2.75, 3.05) is 0 Å². The second-order valence-corrected chi connectivity index (χ2v) is 20.2. The quantitative estimate of drug-likeness (QED) is 0.0428. The fourth-order valence-corrected chi connectivity index (χ4v) is 9.03. The van der Waals surface area contributed by atoms with Gasteiger partial charge in [0.15, 0.2) is 0 Å². The molecule has 0 bridgehead atoms. The summed E-state index contributed by atoms with van der Waals surface area (Å²) in [5.41, 5.74) is 0. The second kappa shape index (κ2) is 53.7. The Labute approximate surface area is 459 Å². The van der Waals surface area contributed by atoms with E-state index in [0.29, 0.717) is 25.7 Å². The van der Waals surface area contributed by atoms with Gasteiger partial charge in [0.25, 0.3) is 0 Å². The van der Waals surface area contributed by atoms with Gasteiger partial charge in [0.1, 0.15) is 0 Å². The van der Waals surface area contributed by atoms with E-state index in [0.717, 1.165) is 86.8 Å². The zero-order valence-corrected chi connectivity index (χ0v) is 48.3. The van der Waals surface area contributed by atoms with Crippen molar-refractivity contribution in [1.29, 1.82) is 0 Å². The molecule has 420 valence electrons. The number of hydrogen-bond acceptors (Lipinski definition) is 10. The van der Waals surface area contributed by atoms with Crippen LogP contribution in [-0.4, -0.2) is 103 Å². The van der Waals surface area contributed by atoms with Crippen molar-refractivity contribution in [2.24, 2.45) is 0 Å². The average Bonchev–Trinajstić information content (AvgIpc) is 3.33. The third-order valence-corrected chi connectivity index (χ3v) is 13.5. The summed E-state index contributed by atoms with van der Waals surface area (Å²) < 4.78 is 0. The Hall–Kier alpha value is -3.07. The monoisotopic (exact) mass is 1040 g/mol. The largest absolute Gasteiger partial charge is 2.00 e. The Balaban J connectivity index is -0.00000132. The minimum absolute atomic E-state index is 0. The van der Waals surface area contributed by atoms with Gasteiger partial charge >= 0.3 is 35.0 Å². The van der Waals surface area contributed by atoms with Crippen LogP contribution in [0.5, 0.6) is 0 Å². The number of unbranched alkanes of at least 4 members (excludes halogenated alkanes) is 32. The number of hydrogen-bond donors (Lipinski definition) is 2. The first-order valence-electron chi connectivity index (χ1n) is 29.2. The SMILES string of the molecule is CCCCCCCCCCCC(=O)N(C(=O)CCCCCCCCCCC)[C@@H](CCC(=O)O)C(=O)[O-].CCCCCCCCCCCC(=O)N(C(=O)CCCCCCCCCCC)[C@@H](CCC(=O)O)C(=O)[O-].[Mg+2]. The van der Waals surface area contributed by atoms with E-state index in [1.165, 1.54) is 128 Å². The van der Waals surface area contributed by atoms with Gasteiger partial charge in [0.2, 0.25) is 23.6 Å². The smallest absolute Gasteiger partial charge is 0.548 e. The minimum atomic E-state index is -1.57. The maximum atomic E-state index is 12.9. The molecule has 0 rings (SSSR count). The van der Waals surface area contributed by atoms with Gasteiger partial charge < -0.3 is 30.0 Å². The normalized spacial score (nSPS) is 11.7. The number of rotatable bonds is 50. The van der Waals surface area contributed by atoms with E-state index >= 15 is 0 Å². The van der Waals surface area contributed by atoms with Crippen LogP contribution < -0.4 is 10.2 Å². The van der Waals surface area contributed by atoms with Crippen LogP contribution in [0.25, 0.3) is 0 Å². The van der Waals surface area contributed by atoms with E-state index in [-0.39, 0.29) is 61.6 Å². The summed E-state index contributed by atoms with van der Waals surface area (Å²) in [6, 6.07) is -3.06. The van der Waals surface area contributed by atoms with E-state index in [1.807, 2.05) is 0 Å². The van der Waals surface area contributed by atoms with Crippen molar-refractivity contribution in [3.8, 4) is 0 Å². The van der Waals surface area contributed by atoms with Crippen molar-refractivity contribution in [2.45, 2.75) is 322 Å². The number of imide groups is 2. The minimum Gasteiger partial charge on any atom is -0.548 e. The van der Waals surface area contributed by atoms with Gasteiger partial charge in [0, 0.05) is 38.5 Å². The van der Waals surface area contributed by atoms with Crippen LogP contribution in [0, 0.1) is 0 Å². The molecule has 0 saturated heterocycles. The molecule has 4 amide bonds. The summed E-state index contributed by atoms with van der Waals surface area (Å²) in [5, 5.41) is 41.5. The van der Waals surface area contributed by atoms with Gasteiger partial charge in [-0.25, -0.2) is 0 Å². The van der Waals surface area contributed by atoms with Gasteiger partial charge in [-0.15, -0.1) is 0 Å². The third-order valence-electron chi connectivity index (χ3n) is 13.5. The molecule has 0 radical (unpaired) electrons. The molecule has 0 aromatic carbocycles. The molecule has 73 heavy (non-hydrogen) atoms. The number of carbonyl (C=O) groups excluding carboxylic acids is 6. The number of aliphatic carboxylic acids is 4. The molecule has 15 heteroatoms. The summed E-state index contributed by atoms with van der Waals surface area (Å²) in [5.74, 6) is -7.60. The van der Waals surface area contributed by atoms with Crippen LogP contribution in [-0.2, 0) is 38.4 Å². The fourth-order valence-electron chi connectivity index (χ4n) is 9.03. The van der Waals surface area contributed by atoms with E-state index in [4.69, 9.17) is 10.2 Å². The third kappa shape index (κ3) is 44.9. The molecule has 0 saturated carbocycles. The first-order valence-corrected chi connectivity index (χ1v) is 29.2. The summed E-state index contributed by atoms with van der Waals surface area (Å²) in [4.78, 5) is 98.7. The molecule has 0 aromatic rings. The number of carboxylic acids is 4. The Morgan fingerprint density at radius 3 is 0.616 bits per heavy atom. The Bertz CT molecular complexity index is 1260. The topological polar surface area (TPSA) is 230 Å². The van der Waals surface area contributed by atoms with Gasteiger partial charge in [-0.1, -0.05) is 233 Å². The average molecular weight is 1050 g/mol. The summed E-state index contributed by atoms with van der Waals surface area (Å²) in [6.45, 7) is 8.75. The van der Waals surface area contributed by atoms with Gasteiger partial charge in [0.05, 0.1) is 24.0 Å². The molecule has 0 aliphatic rings. The molecule has 14 nitrogen and oxygen atoms in total. The van der Waals surface area contributed by atoms with Crippen molar-refractivity contribution >= 4 is 70.6 Å². The number of carbonyl (C=O) groups is 8. The molecule has 0 heterocycles. The van der Waals surface area contributed by atoms with Crippen LogP contribution in [0.3, 0.4) is 0 Å². The number of amides is 4. The maximum absolute atomic E-state index is 12.9. The van der Waals surface area contributed by atoms with Crippen LogP contribution in [0.1, 0.15) is 310 Å². The Kier molecular flexibility index (Phi) is 54.6. The second-order valence-electron chi connectivity index (χ2n) is 20.2. The molecule has 0 aliphatic heterocycles. The molecule has 2 atom stereocenters. The zero-order chi connectivity index (χ0) is 54.0. The summed E-state index contributed by atoms with van der Waals surface area (Å²) in [7, 11) is 0. The molecular formula is C58H104MgN2O12. The maximum Gasteiger partial charge on any atom is 2.00 e. The van der Waals surface area contributed by atoms with Crippen molar-refractivity contribution in [1.82, 2.24) is 9.80 Å². The van der Waals surface area contributed by atoms with Crippen LogP contribution in [0.2, 0.25) is 0 Å². The molecule has 0 spiro atoms. The van der Waals surface area contributed by atoms with Crippen LogP contribution in [0.15, 0.2) is 0 Å². The predicted octanol–water partition coefficient (Wildman–Crippen LogP) is 12.0. The van der Waals surface area contributed by atoms with E-state index in [9.17, 15) is 48.6 Å². The van der Waals surface area contributed by atoms with Gasteiger partial charge in [-0.05, 0) is 38.5 Å². The van der Waals surface area contributed by atoms with Crippen LogP contribution >= 0.6 is 0 Å². The number of carboxylic acid groups (broad SMARTS) is 4. The molecule has 0 fully saturated rings. The molecule has 0 aliphatic carbocycles. The van der Waals surface area contributed by atoms with Crippen LogP contribution in [0.4, 0.5) is 0 Å². The Morgan fingerprint density at radius 2 is 0.466 bits per heavy atom. The molecule has 0 aromatic heterocycles. The van der Waals surface area contributed by atoms with Crippen molar-refractivity contribution < 1.29 is 58.8 Å². The van der Waals surface area contributed by atoms with Crippen molar-refractivity contribution in [3.05, 3.63) is 0 Å². The first kappa shape index (κ1) is 74.2. The van der Waals surface area contributed by atoms with E-state index < -0.39 is 72.4 Å². The molecule has 2 N–H and O–H groups in total. The summed E-state index contributed by atoms with van der Waals surface area (Å²) in [6.07, 6.45) is 37.7. The van der Waals surface area contributed by atoms with Gasteiger partial charge in [-0.3, -0.25) is 38.6 Å². The fraction of sp³-hybridized carbons (Fsp3) is 0.862. The van der Waals surface area contributed by atoms with Crippen molar-refractivity contribution in [3.63, 3.8) is 0 Å². The number of nitrogens with zero attached hydrogens (tertiary/aromatic N) is 2. The molecule has 0 unspecified atom stereocenters. The zero-order valence-electron chi connectivity index (χ0n) is 46.8. The Morgan fingerprint density at radius 1 is 0.301 bits per heavy atom. The standard InChI is InChI=1S/2C29H53NO6.Mg/c2*1-3-5-7-9-11-13-15-17-19-21-26(31)30(25(29(35)36)23-24-28(33)34)27(32)22-20-18-16-14-12-10-8-6-4-2;/h2*25H,3-24H2,1-2H3,(H,33,34)(H,35,36);/q;;+2/p-2/t2*25-;/m00./s1. The predicted molar refractivity (Wildman–Crippen MR) is 288 cm³/mol. The first-order chi connectivity index (χ1) is 34.7. The van der Waals surface area contributed by atoms with Gasteiger partial charge in [-0.2, -0.15) is 0 Å². The van der Waals surface area contributed by atoms with E-state index in [2.05, 4.69) is 27.7 Å².